The number of carbonyl (C=O) groups excluding carboxylic acids is 3. The normalized spacial score (nSPS) is 12.3. The lowest BCUT2D eigenvalue weighted by atomic mass is 10.0. The summed E-state index contributed by atoms with van der Waals surface area (Å²) in [6, 6.07) is 0. The third-order valence-corrected chi connectivity index (χ3v) is 14.1. The van der Waals surface area contributed by atoms with Crippen molar-refractivity contribution in [3.63, 3.8) is 0 Å². The number of hydrogen-bond acceptors (Lipinski definition) is 6. The quantitative estimate of drug-likeness (QED) is 0.0261. The van der Waals surface area contributed by atoms with Gasteiger partial charge < -0.3 is 14.2 Å². The zero-order valence-corrected chi connectivity index (χ0v) is 48.2. The van der Waals surface area contributed by atoms with E-state index in [4.69, 9.17) is 14.2 Å². The van der Waals surface area contributed by atoms with Gasteiger partial charge >= 0.3 is 17.9 Å². The van der Waals surface area contributed by atoms with E-state index >= 15 is 0 Å². The monoisotopic (exact) mass is 1010 g/mol. The third kappa shape index (κ3) is 58.3. The largest absolute Gasteiger partial charge is 0.462 e. The van der Waals surface area contributed by atoms with Gasteiger partial charge in [-0.15, -0.1) is 0 Å². The number of ether oxygens (including phenoxy) is 3. The summed E-state index contributed by atoms with van der Waals surface area (Å²) >= 11 is 0. The summed E-state index contributed by atoms with van der Waals surface area (Å²) < 4.78 is 16.9. The van der Waals surface area contributed by atoms with E-state index in [1.54, 1.807) is 0 Å². The second-order valence-corrected chi connectivity index (χ2v) is 21.3. The Labute approximate surface area is 448 Å². The molecule has 0 aliphatic rings. The van der Waals surface area contributed by atoms with Crippen LogP contribution in [0.3, 0.4) is 0 Å². The Morgan fingerprint density at radius 3 is 0.792 bits per heavy atom. The zero-order chi connectivity index (χ0) is 52.2. The predicted molar refractivity (Wildman–Crippen MR) is 312 cm³/mol. The number of esters is 3. The van der Waals surface area contributed by atoms with Gasteiger partial charge in [-0.05, 0) is 83.5 Å². The minimum Gasteiger partial charge on any atom is -0.462 e. The molecule has 1 atom stereocenters. The standard InChI is InChI=1S/C66H120O6/c1-4-7-10-13-16-19-22-24-26-27-28-29-30-31-32-33-34-35-36-37-38-39-41-42-44-47-50-53-56-59-65(68)71-62-63(61-70-64(67)58-55-52-49-46-21-18-15-12-9-6-3)72-66(69)60-57-54-51-48-45-43-40-25-23-20-17-14-11-8-5-2/h17,20,22,24-25,27-28,40,63H,4-16,18-19,21,23,26,29-39,41-62H2,1-3H3/b20-17-,24-22-,28-27-,40-25-. The van der Waals surface area contributed by atoms with Crippen LogP contribution in [0.2, 0.25) is 0 Å². The van der Waals surface area contributed by atoms with Crippen molar-refractivity contribution in [2.24, 2.45) is 0 Å². The van der Waals surface area contributed by atoms with Gasteiger partial charge in [0.2, 0.25) is 0 Å². The Morgan fingerprint density at radius 1 is 0.278 bits per heavy atom. The van der Waals surface area contributed by atoms with Gasteiger partial charge in [0.05, 0.1) is 0 Å². The molecule has 0 aliphatic carbocycles. The zero-order valence-electron chi connectivity index (χ0n) is 48.2. The van der Waals surface area contributed by atoms with Crippen LogP contribution in [0.5, 0.6) is 0 Å². The molecule has 0 N–H and O–H groups in total. The number of rotatable bonds is 58. The maximum absolute atomic E-state index is 12.8. The van der Waals surface area contributed by atoms with Gasteiger partial charge in [-0.2, -0.15) is 0 Å². The van der Waals surface area contributed by atoms with Gasteiger partial charge in [0, 0.05) is 19.3 Å². The van der Waals surface area contributed by atoms with Crippen LogP contribution in [0.1, 0.15) is 335 Å². The molecule has 0 aliphatic heterocycles. The lowest BCUT2D eigenvalue weighted by Gasteiger charge is -2.18. The molecule has 0 spiro atoms. The summed E-state index contributed by atoms with van der Waals surface area (Å²) in [5.74, 6) is -0.873. The first-order valence-corrected chi connectivity index (χ1v) is 31.6. The fraction of sp³-hybridized carbons (Fsp3) is 0.833. The van der Waals surface area contributed by atoms with Crippen LogP contribution in [-0.4, -0.2) is 37.2 Å². The van der Waals surface area contributed by atoms with E-state index in [-0.39, 0.29) is 31.1 Å². The summed E-state index contributed by atoms with van der Waals surface area (Å²) in [5, 5.41) is 0. The molecule has 0 heterocycles. The molecule has 0 rings (SSSR count). The van der Waals surface area contributed by atoms with Gasteiger partial charge in [0.25, 0.3) is 0 Å². The first-order valence-electron chi connectivity index (χ1n) is 31.6. The topological polar surface area (TPSA) is 78.9 Å². The molecule has 0 aromatic rings. The Morgan fingerprint density at radius 2 is 0.500 bits per heavy atom. The van der Waals surface area contributed by atoms with E-state index in [1.165, 1.54) is 205 Å². The average Bonchev–Trinajstić information content (AvgIpc) is 3.38. The Hall–Kier alpha value is -2.63. The van der Waals surface area contributed by atoms with Crippen LogP contribution in [0.25, 0.3) is 0 Å². The van der Waals surface area contributed by atoms with Gasteiger partial charge in [0.15, 0.2) is 6.10 Å². The van der Waals surface area contributed by atoms with Crippen LogP contribution in [0.15, 0.2) is 48.6 Å². The molecule has 6 nitrogen and oxygen atoms in total. The number of allylic oxidation sites excluding steroid dienone is 8. The average molecular weight is 1010 g/mol. The van der Waals surface area contributed by atoms with Crippen molar-refractivity contribution in [3.05, 3.63) is 48.6 Å². The fourth-order valence-corrected chi connectivity index (χ4v) is 9.27. The van der Waals surface area contributed by atoms with Crippen LogP contribution >= 0.6 is 0 Å². The molecule has 0 aromatic heterocycles. The second kappa shape index (κ2) is 60.9. The van der Waals surface area contributed by atoms with Crippen molar-refractivity contribution in [1.82, 2.24) is 0 Å². The van der Waals surface area contributed by atoms with E-state index in [0.29, 0.717) is 19.3 Å². The highest BCUT2D eigenvalue weighted by Crippen LogP contribution is 2.17. The molecular formula is C66H120O6. The molecule has 0 radical (unpaired) electrons. The highest BCUT2D eigenvalue weighted by Gasteiger charge is 2.19. The molecule has 0 aromatic carbocycles. The van der Waals surface area contributed by atoms with Crippen molar-refractivity contribution in [1.29, 1.82) is 0 Å². The number of hydrogen-bond donors (Lipinski definition) is 0. The van der Waals surface area contributed by atoms with Gasteiger partial charge in [-0.3, -0.25) is 14.4 Å². The Balaban J connectivity index is 4.13. The molecule has 72 heavy (non-hydrogen) atoms. The SMILES string of the molecule is CCCCC/C=C\C/C=C\CCCCCCCC(=O)OC(COC(=O)CCCCCCCCCCCC)COC(=O)CCCCCCCCCCCCCCCCCCC/C=C\C/C=C\CCCCCCC. The van der Waals surface area contributed by atoms with Gasteiger partial charge in [-0.25, -0.2) is 0 Å². The van der Waals surface area contributed by atoms with Crippen LogP contribution < -0.4 is 0 Å². The van der Waals surface area contributed by atoms with Gasteiger partial charge in [-0.1, -0.05) is 281 Å². The maximum Gasteiger partial charge on any atom is 0.306 e. The summed E-state index contributed by atoms with van der Waals surface area (Å²) in [4.78, 5) is 38.1. The van der Waals surface area contributed by atoms with Crippen LogP contribution in [0, 0.1) is 0 Å². The van der Waals surface area contributed by atoms with E-state index in [2.05, 4.69) is 69.4 Å². The Kier molecular flexibility index (Phi) is 58.7. The smallest absolute Gasteiger partial charge is 0.306 e. The van der Waals surface area contributed by atoms with E-state index in [1.807, 2.05) is 0 Å². The predicted octanol–water partition coefficient (Wildman–Crippen LogP) is 21.4. The third-order valence-electron chi connectivity index (χ3n) is 14.1. The Bertz CT molecular complexity index is 1250. The molecule has 0 fully saturated rings. The van der Waals surface area contributed by atoms with Gasteiger partial charge in [0.1, 0.15) is 13.2 Å². The van der Waals surface area contributed by atoms with Crippen LogP contribution in [0.4, 0.5) is 0 Å². The minimum atomic E-state index is -0.776. The summed E-state index contributed by atoms with van der Waals surface area (Å²) in [6.07, 6.45) is 75.6. The van der Waals surface area contributed by atoms with Crippen molar-refractivity contribution < 1.29 is 28.6 Å². The lowest BCUT2D eigenvalue weighted by molar-refractivity contribution is -0.167. The molecule has 0 saturated carbocycles. The molecule has 420 valence electrons. The van der Waals surface area contributed by atoms with Crippen molar-refractivity contribution in [2.75, 3.05) is 13.2 Å². The van der Waals surface area contributed by atoms with Crippen molar-refractivity contribution in [3.8, 4) is 0 Å². The number of carbonyl (C=O) groups is 3. The molecule has 0 saturated heterocycles. The first kappa shape index (κ1) is 69.4. The van der Waals surface area contributed by atoms with Crippen LogP contribution in [-0.2, 0) is 28.6 Å². The molecule has 6 heteroatoms. The number of unbranched alkanes of at least 4 members (excludes halogenated alkanes) is 39. The first-order chi connectivity index (χ1) is 35.5. The van der Waals surface area contributed by atoms with Crippen molar-refractivity contribution in [2.45, 2.75) is 341 Å². The minimum absolute atomic E-state index is 0.0748. The molecular weight excluding hydrogens is 889 g/mol. The molecule has 0 amide bonds. The van der Waals surface area contributed by atoms with E-state index in [9.17, 15) is 14.4 Å². The maximum atomic E-state index is 12.8. The van der Waals surface area contributed by atoms with Crippen molar-refractivity contribution >= 4 is 17.9 Å². The fourth-order valence-electron chi connectivity index (χ4n) is 9.27. The summed E-state index contributed by atoms with van der Waals surface area (Å²) in [5.41, 5.74) is 0. The summed E-state index contributed by atoms with van der Waals surface area (Å²) in [6.45, 7) is 6.62. The molecule has 0 bridgehead atoms. The molecule has 1 unspecified atom stereocenters. The lowest BCUT2D eigenvalue weighted by Crippen LogP contribution is -2.30. The summed E-state index contributed by atoms with van der Waals surface area (Å²) in [7, 11) is 0. The van der Waals surface area contributed by atoms with E-state index in [0.717, 1.165) is 89.9 Å². The van der Waals surface area contributed by atoms with E-state index < -0.39 is 6.10 Å². The highest BCUT2D eigenvalue weighted by molar-refractivity contribution is 5.71. The second-order valence-electron chi connectivity index (χ2n) is 21.3. The highest BCUT2D eigenvalue weighted by atomic mass is 16.6.